The number of ether oxygens (including phenoxy) is 1. The lowest BCUT2D eigenvalue weighted by Gasteiger charge is -2.08. The number of phenolic OH excluding ortho intramolecular Hbond substituents is 1. The Morgan fingerprint density at radius 2 is 2.05 bits per heavy atom. The number of methoxy groups -OCH3 is 1. The summed E-state index contributed by atoms with van der Waals surface area (Å²) in [6.45, 7) is 1.88. The lowest BCUT2D eigenvalue weighted by molar-refractivity contribution is 0.0600. The topological polar surface area (TPSA) is 75.2 Å². The fourth-order valence-electron chi connectivity index (χ4n) is 1.72. The molecule has 1 heterocycles. The smallest absolute Gasteiger partial charge is 0.339 e. The van der Waals surface area contributed by atoms with Gasteiger partial charge in [-0.1, -0.05) is 29.3 Å². The number of phenols is 1. The molecule has 1 aromatic heterocycles. The van der Waals surface area contributed by atoms with Gasteiger partial charge in [-0.2, -0.15) is 5.10 Å². The number of halogens is 2. The molecule has 0 unspecified atom stereocenters. The maximum Gasteiger partial charge on any atom is 0.339 e. The molecule has 5 nitrogen and oxygen atoms in total. The number of esters is 1. The highest BCUT2D eigenvalue weighted by Crippen LogP contribution is 2.38. The normalized spacial score (nSPS) is 11.0. The summed E-state index contributed by atoms with van der Waals surface area (Å²) in [7, 11) is 1.23. The van der Waals surface area contributed by atoms with Crippen LogP contribution in [0.3, 0.4) is 0 Å². The largest absolute Gasteiger partial charge is 0.505 e. The first-order valence-electron chi connectivity index (χ1n) is 5.93. The Labute approximate surface area is 131 Å². The SMILES string of the molecule is COC(=O)c1cc(/C=C/c2cc(C)[nH]n2)c(Cl)c(O)c1Cl. The van der Waals surface area contributed by atoms with Crippen LogP contribution in [-0.2, 0) is 4.74 Å². The van der Waals surface area contributed by atoms with Crippen LogP contribution in [0.2, 0.25) is 10.0 Å². The molecule has 0 radical (unpaired) electrons. The quantitative estimate of drug-likeness (QED) is 0.843. The van der Waals surface area contributed by atoms with Gasteiger partial charge in [-0.3, -0.25) is 5.10 Å². The molecule has 0 bridgehead atoms. The van der Waals surface area contributed by atoms with E-state index < -0.39 is 5.97 Å². The zero-order valence-electron chi connectivity index (χ0n) is 11.3. The summed E-state index contributed by atoms with van der Waals surface area (Å²) < 4.78 is 4.61. The van der Waals surface area contributed by atoms with Gasteiger partial charge in [0, 0.05) is 5.69 Å². The van der Waals surface area contributed by atoms with Crippen molar-refractivity contribution in [3.05, 3.63) is 44.7 Å². The highest BCUT2D eigenvalue weighted by molar-refractivity contribution is 6.39. The van der Waals surface area contributed by atoms with E-state index in [0.717, 1.165) is 5.69 Å². The van der Waals surface area contributed by atoms with Crippen LogP contribution in [0.5, 0.6) is 5.75 Å². The molecule has 0 aliphatic rings. The molecule has 2 rings (SSSR count). The highest BCUT2D eigenvalue weighted by Gasteiger charge is 2.19. The van der Waals surface area contributed by atoms with Gasteiger partial charge in [-0.05, 0) is 30.7 Å². The highest BCUT2D eigenvalue weighted by atomic mass is 35.5. The van der Waals surface area contributed by atoms with Crippen LogP contribution in [0.1, 0.15) is 27.3 Å². The van der Waals surface area contributed by atoms with Crippen LogP contribution in [-0.4, -0.2) is 28.4 Å². The van der Waals surface area contributed by atoms with E-state index in [1.54, 1.807) is 12.2 Å². The Bertz CT molecular complexity index is 723. The van der Waals surface area contributed by atoms with Crippen molar-refractivity contribution in [1.82, 2.24) is 10.2 Å². The number of nitrogens with zero attached hydrogens (tertiary/aromatic N) is 1. The molecule has 2 aromatic rings. The summed E-state index contributed by atoms with van der Waals surface area (Å²) >= 11 is 11.9. The van der Waals surface area contributed by atoms with Crippen LogP contribution in [0.4, 0.5) is 0 Å². The van der Waals surface area contributed by atoms with Gasteiger partial charge in [0.25, 0.3) is 0 Å². The van der Waals surface area contributed by atoms with Crippen molar-refractivity contribution in [2.75, 3.05) is 7.11 Å². The minimum Gasteiger partial charge on any atom is -0.505 e. The number of aryl methyl sites for hydroxylation is 1. The summed E-state index contributed by atoms with van der Waals surface area (Å²) in [4.78, 5) is 11.6. The molecule has 0 atom stereocenters. The Morgan fingerprint density at radius 1 is 1.33 bits per heavy atom. The second kappa shape index (κ2) is 6.20. The van der Waals surface area contributed by atoms with E-state index in [2.05, 4.69) is 14.9 Å². The summed E-state index contributed by atoms with van der Waals surface area (Å²) in [5.41, 5.74) is 2.08. The fourth-order valence-corrected chi connectivity index (χ4v) is 2.21. The summed E-state index contributed by atoms with van der Waals surface area (Å²) in [5, 5.41) is 16.6. The maximum absolute atomic E-state index is 11.6. The molecule has 0 saturated heterocycles. The predicted molar refractivity (Wildman–Crippen MR) is 81.7 cm³/mol. The number of rotatable bonds is 3. The second-order valence-corrected chi connectivity index (χ2v) is 5.05. The summed E-state index contributed by atoms with van der Waals surface area (Å²) in [6, 6.07) is 3.29. The van der Waals surface area contributed by atoms with E-state index >= 15 is 0 Å². The van der Waals surface area contributed by atoms with Gasteiger partial charge < -0.3 is 9.84 Å². The number of aromatic nitrogens is 2. The van der Waals surface area contributed by atoms with E-state index in [0.29, 0.717) is 11.3 Å². The Hall–Kier alpha value is -1.98. The Kier molecular flexibility index (Phi) is 4.55. The average Bonchev–Trinajstić information content (AvgIpc) is 2.89. The molecule has 0 amide bonds. The van der Waals surface area contributed by atoms with E-state index in [-0.39, 0.29) is 21.4 Å². The number of carbonyl (C=O) groups is 1. The molecular weight excluding hydrogens is 315 g/mol. The lowest BCUT2D eigenvalue weighted by atomic mass is 10.1. The van der Waals surface area contributed by atoms with Crippen molar-refractivity contribution in [1.29, 1.82) is 0 Å². The number of nitrogens with one attached hydrogen (secondary N) is 1. The molecule has 2 N–H and O–H groups in total. The predicted octanol–water partition coefficient (Wildman–Crippen LogP) is 3.69. The number of H-pyrrole nitrogens is 1. The average molecular weight is 327 g/mol. The van der Waals surface area contributed by atoms with Gasteiger partial charge in [0.1, 0.15) is 0 Å². The number of aromatic hydroxyl groups is 1. The van der Waals surface area contributed by atoms with Gasteiger partial charge in [0.05, 0.1) is 28.4 Å². The van der Waals surface area contributed by atoms with Crippen LogP contribution in [0.25, 0.3) is 12.2 Å². The van der Waals surface area contributed by atoms with Crippen molar-refractivity contribution >= 4 is 41.3 Å². The Morgan fingerprint density at radius 3 is 2.62 bits per heavy atom. The number of carbonyl (C=O) groups excluding carboxylic acids is 1. The van der Waals surface area contributed by atoms with E-state index in [4.69, 9.17) is 23.2 Å². The minimum absolute atomic E-state index is 0.0407. The third kappa shape index (κ3) is 3.20. The van der Waals surface area contributed by atoms with Gasteiger partial charge in [0.2, 0.25) is 0 Å². The first kappa shape index (κ1) is 15.4. The molecule has 0 spiro atoms. The molecule has 0 fully saturated rings. The van der Waals surface area contributed by atoms with Gasteiger partial charge in [0.15, 0.2) is 5.75 Å². The third-order valence-electron chi connectivity index (χ3n) is 2.77. The lowest BCUT2D eigenvalue weighted by Crippen LogP contribution is -2.03. The monoisotopic (exact) mass is 326 g/mol. The van der Waals surface area contributed by atoms with Crippen molar-refractivity contribution in [2.45, 2.75) is 6.92 Å². The van der Waals surface area contributed by atoms with E-state index in [1.807, 2.05) is 13.0 Å². The zero-order chi connectivity index (χ0) is 15.6. The molecule has 21 heavy (non-hydrogen) atoms. The Balaban J connectivity index is 2.46. The van der Waals surface area contributed by atoms with Gasteiger partial charge in [-0.25, -0.2) is 4.79 Å². The summed E-state index contributed by atoms with van der Waals surface area (Å²) in [6.07, 6.45) is 3.32. The third-order valence-corrected chi connectivity index (χ3v) is 3.55. The fraction of sp³-hybridized carbons (Fsp3) is 0.143. The van der Waals surface area contributed by atoms with Crippen molar-refractivity contribution in [3.63, 3.8) is 0 Å². The molecular formula is C14H12Cl2N2O3. The number of hydrogen-bond acceptors (Lipinski definition) is 4. The first-order valence-corrected chi connectivity index (χ1v) is 6.69. The van der Waals surface area contributed by atoms with Crippen LogP contribution >= 0.6 is 23.2 Å². The van der Waals surface area contributed by atoms with Crippen molar-refractivity contribution in [2.24, 2.45) is 0 Å². The van der Waals surface area contributed by atoms with Gasteiger partial charge in [-0.15, -0.1) is 0 Å². The molecule has 7 heteroatoms. The van der Waals surface area contributed by atoms with Crippen LogP contribution in [0.15, 0.2) is 12.1 Å². The minimum atomic E-state index is -0.655. The van der Waals surface area contributed by atoms with Gasteiger partial charge >= 0.3 is 5.97 Å². The second-order valence-electron chi connectivity index (χ2n) is 4.29. The molecule has 1 aromatic carbocycles. The van der Waals surface area contributed by atoms with Crippen LogP contribution in [0, 0.1) is 6.92 Å². The molecule has 0 aliphatic carbocycles. The molecule has 0 saturated carbocycles. The first-order chi connectivity index (χ1) is 9.93. The molecule has 110 valence electrons. The maximum atomic E-state index is 11.6. The summed E-state index contributed by atoms with van der Waals surface area (Å²) in [5.74, 6) is -1.02. The number of hydrogen-bond donors (Lipinski definition) is 2. The van der Waals surface area contributed by atoms with Crippen LogP contribution < -0.4 is 0 Å². The number of aromatic amines is 1. The van der Waals surface area contributed by atoms with Crippen molar-refractivity contribution < 1.29 is 14.6 Å². The van der Waals surface area contributed by atoms with E-state index in [1.165, 1.54) is 13.2 Å². The standard InChI is InChI=1S/C14H12Cl2N2O3/c1-7-5-9(18-17-7)4-3-8-6-10(14(20)21-2)12(16)13(19)11(8)15/h3-6,19H,1-2H3,(H,17,18)/b4-3+. The van der Waals surface area contributed by atoms with E-state index in [9.17, 15) is 9.90 Å². The molecule has 0 aliphatic heterocycles. The van der Waals surface area contributed by atoms with Crippen molar-refractivity contribution in [3.8, 4) is 5.75 Å². The number of benzene rings is 1. The zero-order valence-corrected chi connectivity index (χ0v) is 12.8.